The van der Waals surface area contributed by atoms with Crippen LogP contribution in [0.25, 0.3) is 0 Å². The van der Waals surface area contributed by atoms with Crippen LogP contribution in [0, 0.1) is 11.3 Å². The van der Waals surface area contributed by atoms with Crippen molar-refractivity contribution < 1.29 is 9.53 Å². The third-order valence-electron chi connectivity index (χ3n) is 3.19. The second kappa shape index (κ2) is 7.58. The number of carbonyl (C=O) groups is 1. The van der Waals surface area contributed by atoms with E-state index in [1.54, 1.807) is 12.3 Å². The SMILES string of the molecule is N#Cc1ncccc1CNCCC(=O)N1CCOCC1. The summed E-state index contributed by atoms with van der Waals surface area (Å²) in [5, 5.41) is 12.1. The van der Waals surface area contributed by atoms with Crippen molar-refractivity contribution in [2.75, 3.05) is 32.8 Å². The van der Waals surface area contributed by atoms with Crippen molar-refractivity contribution in [3.8, 4) is 6.07 Å². The minimum Gasteiger partial charge on any atom is -0.378 e. The number of nitriles is 1. The van der Waals surface area contributed by atoms with Crippen molar-refractivity contribution in [2.24, 2.45) is 0 Å². The van der Waals surface area contributed by atoms with Crippen LogP contribution in [-0.4, -0.2) is 48.6 Å². The molecule has 0 unspecified atom stereocenters. The Hall–Kier alpha value is -1.97. The van der Waals surface area contributed by atoms with Crippen LogP contribution in [0.2, 0.25) is 0 Å². The summed E-state index contributed by atoms with van der Waals surface area (Å²) < 4.78 is 5.21. The second-order valence-corrected chi connectivity index (χ2v) is 4.54. The number of ether oxygens (including phenoxy) is 1. The van der Waals surface area contributed by atoms with Gasteiger partial charge >= 0.3 is 0 Å². The summed E-state index contributed by atoms with van der Waals surface area (Å²) in [4.78, 5) is 17.7. The number of morpholine rings is 1. The first-order valence-electron chi connectivity index (χ1n) is 6.71. The first-order chi connectivity index (χ1) is 9.81. The summed E-state index contributed by atoms with van der Waals surface area (Å²) in [7, 11) is 0. The average molecular weight is 274 g/mol. The molecule has 0 aromatic carbocycles. The van der Waals surface area contributed by atoms with E-state index < -0.39 is 0 Å². The van der Waals surface area contributed by atoms with Crippen molar-refractivity contribution in [1.29, 1.82) is 5.26 Å². The molecule has 1 N–H and O–H groups in total. The third-order valence-corrected chi connectivity index (χ3v) is 3.19. The van der Waals surface area contributed by atoms with E-state index >= 15 is 0 Å². The molecule has 1 amide bonds. The van der Waals surface area contributed by atoms with Gasteiger partial charge < -0.3 is 15.0 Å². The maximum Gasteiger partial charge on any atom is 0.224 e. The Morgan fingerprint density at radius 1 is 1.50 bits per heavy atom. The molecule has 1 fully saturated rings. The standard InChI is InChI=1S/C14H18N4O2/c15-10-13-12(2-1-4-17-13)11-16-5-3-14(19)18-6-8-20-9-7-18/h1-2,4,16H,3,5-9,11H2. The van der Waals surface area contributed by atoms with E-state index in [9.17, 15) is 4.79 Å². The van der Waals surface area contributed by atoms with Gasteiger partial charge in [-0.2, -0.15) is 5.26 Å². The number of pyridine rings is 1. The van der Waals surface area contributed by atoms with Crippen molar-refractivity contribution in [3.05, 3.63) is 29.6 Å². The lowest BCUT2D eigenvalue weighted by molar-refractivity contribution is -0.135. The van der Waals surface area contributed by atoms with Gasteiger partial charge in [0.15, 0.2) is 0 Å². The van der Waals surface area contributed by atoms with Crippen LogP contribution in [0.15, 0.2) is 18.3 Å². The molecule has 0 saturated carbocycles. The fourth-order valence-corrected chi connectivity index (χ4v) is 2.07. The Morgan fingerprint density at radius 2 is 2.30 bits per heavy atom. The molecule has 6 heteroatoms. The predicted octanol–water partition coefficient (Wildman–Crippen LogP) is 0.292. The fraction of sp³-hybridized carbons (Fsp3) is 0.500. The van der Waals surface area contributed by atoms with Gasteiger partial charge in [-0.3, -0.25) is 4.79 Å². The molecule has 1 aromatic heterocycles. The van der Waals surface area contributed by atoms with Crippen molar-refractivity contribution in [3.63, 3.8) is 0 Å². The van der Waals surface area contributed by atoms with Crippen LogP contribution < -0.4 is 5.32 Å². The molecule has 0 atom stereocenters. The molecule has 1 aliphatic heterocycles. The summed E-state index contributed by atoms with van der Waals surface area (Å²) >= 11 is 0. The minimum atomic E-state index is 0.146. The normalized spacial score (nSPS) is 14.8. The molecule has 0 radical (unpaired) electrons. The zero-order valence-electron chi connectivity index (χ0n) is 11.3. The van der Waals surface area contributed by atoms with Gasteiger partial charge in [-0.05, 0) is 6.07 Å². The van der Waals surface area contributed by atoms with E-state index in [0.29, 0.717) is 51.5 Å². The maximum atomic E-state index is 11.9. The Morgan fingerprint density at radius 3 is 3.05 bits per heavy atom. The Labute approximate surface area is 118 Å². The molecule has 1 aromatic rings. The Bertz CT molecular complexity index is 492. The van der Waals surface area contributed by atoms with E-state index in [4.69, 9.17) is 10.00 Å². The lowest BCUT2D eigenvalue weighted by Crippen LogP contribution is -2.41. The number of aromatic nitrogens is 1. The van der Waals surface area contributed by atoms with Crippen LogP contribution in [0.1, 0.15) is 17.7 Å². The highest BCUT2D eigenvalue weighted by molar-refractivity contribution is 5.76. The summed E-state index contributed by atoms with van der Waals surface area (Å²) in [5.74, 6) is 0.146. The van der Waals surface area contributed by atoms with Crippen LogP contribution in [0.5, 0.6) is 0 Å². The molecule has 0 aliphatic carbocycles. The van der Waals surface area contributed by atoms with E-state index in [0.717, 1.165) is 5.56 Å². The molecule has 2 heterocycles. The first kappa shape index (κ1) is 14.4. The Kier molecular flexibility index (Phi) is 5.47. The zero-order valence-corrected chi connectivity index (χ0v) is 11.3. The number of nitrogens with zero attached hydrogens (tertiary/aromatic N) is 3. The van der Waals surface area contributed by atoms with Crippen LogP contribution in [0.3, 0.4) is 0 Å². The van der Waals surface area contributed by atoms with Gasteiger partial charge in [0.2, 0.25) is 5.91 Å². The lowest BCUT2D eigenvalue weighted by atomic mass is 10.2. The molecule has 2 rings (SSSR count). The molecule has 1 aliphatic rings. The first-order valence-corrected chi connectivity index (χ1v) is 6.71. The monoisotopic (exact) mass is 274 g/mol. The predicted molar refractivity (Wildman–Crippen MR) is 72.7 cm³/mol. The van der Waals surface area contributed by atoms with Gasteiger partial charge in [-0.1, -0.05) is 6.07 Å². The summed E-state index contributed by atoms with van der Waals surface area (Å²) in [6.45, 7) is 3.75. The summed E-state index contributed by atoms with van der Waals surface area (Å²) in [6, 6.07) is 5.72. The highest BCUT2D eigenvalue weighted by Crippen LogP contribution is 2.03. The number of hydrogen-bond donors (Lipinski definition) is 1. The number of carbonyl (C=O) groups excluding carboxylic acids is 1. The maximum absolute atomic E-state index is 11.9. The summed E-state index contributed by atoms with van der Waals surface area (Å²) in [5.41, 5.74) is 1.29. The van der Waals surface area contributed by atoms with Crippen LogP contribution in [0.4, 0.5) is 0 Å². The molecule has 106 valence electrons. The van der Waals surface area contributed by atoms with Gasteiger partial charge in [-0.25, -0.2) is 4.98 Å². The van der Waals surface area contributed by atoms with Crippen molar-refractivity contribution >= 4 is 5.91 Å². The van der Waals surface area contributed by atoms with E-state index in [2.05, 4.69) is 16.4 Å². The van der Waals surface area contributed by atoms with E-state index in [1.807, 2.05) is 11.0 Å². The van der Waals surface area contributed by atoms with Gasteiger partial charge in [0.25, 0.3) is 0 Å². The van der Waals surface area contributed by atoms with E-state index in [-0.39, 0.29) is 5.91 Å². The van der Waals surface area contributed by atoms with Crippen molar-refractivity contribution in [1.82, 2.24) is 15.2 Å². The molecular weight excluding hydrogens is 256 g/mol. The minimum absolute atomic E-state index is 0.146. The lowest BCUT2D eigenvalue weighted by Gasteiger charge is -2.26. The smallest absolute Gasteiger partial charge is 0.224 e. The molecule has 6 nitrogen and oxygen atoms in total. The number of nitrogens with one attached hydrogen (secondary N) is 1. The molecule has 0 bridgehead atoms. The van der Waals surface area contributed by atoms with Gasteiger partial charge in [0.1, 0.15) is 11.8 Å². The Balaban J connectivity index is 1.71. The molecule has 20 heavy (non-hydrogen) atoms. The number of hydrogen-bond acceptors (Lipinski definition) is 5. The molecule has 1 saturated heterocycles. The number of rotatable bonds is 5. The van der Waals surface area contributed by atoms with Crippen LogP contribution in [-0.2, 0) is 16.1 Å². The quantitative estimate of drug-likeness (QED) is 0.781. The molecule has 0 spiro atoms. The number of amides is 1. The fourth-order valence-electron chi connectivity index (χ4n) is 2.07. The highest BCUT2D eigenvalue weighted by atomic mass is 16.5. The average Bonchev–Trinajstić information content (AvgIpc) is 2.52. The highest BCUT2D eigenvalue weighted by Gasteiger charge is 2.15. The zero-order chi connectivity index (χ0) is 14.2. The van der Waals surface area contributed by atoms with Crippen LogP contribution >= 0.6 is 0 Å². The van der Waals surface area contributed by atoms with E-state index in [1.165, 1.54) is 0 Å². The summed E-state index contributed by atoms with van der Waals surface area (Å²) in [6.07, 6.45) is 2.06. The third kappa shape index (κ3) is 4.02. The largest absolute Gasteiger partial charge is 0.378 e. The van der Waals surface area contributed by atoms with Gasteiger partial charge in [0.05, 0.1) is 13.2 Å². The van der Waals surface area contributed by atoms with Gasteiger partial charge in [0, 0.05) is 44.4 Å². The second-order valence-electron chi connectivity index (χ2n) is 4.54. The topological polar surface area (TPSA) is 78.2 Å². The van der Waals surface area contributed by atoms with Crippen molar-refractivity contribution in [2.45, 2.75) is 13.0 Å². The molecular formula is C14H18N4O2. The van der Waals surface area contributed by atoms with Gasteiger partial charge in [-0.15, -0.1) is 0 Å².